The molecule has 1 aliphatic rings. The van der Waals surface area contributed by atoms with Gasteiger partial charge >= 0.3 is 0 Å². The Balaban J connectivity index is 1.54. The van der Waals surface area contributed by atoms with Crippen molar-refractivity contribution in [2.24, 2.45) is 0 Å². The normalized spacial score (nSPS) is 14.1. The zero-order valence-electron chi connectivity index (χ0n) is 15.2. The van der Waals surface area contributed by atoms with Crippen LogP contribution in [0.3, 0.4) is 0 Å². The van der Waals surface area contributed by atoms with Gasteiger partial charge in [-0.1, -0.05) is 48.0 Å². The summed E-state index contributed by atoms with van der Waals surface area (Å²) < 4.78 is 0. The highest BCUT2D eigenvalue weighted by Crippen LogP contribution is 2.27. The summed E-state index contributed by atoms with van der Waals surface area (Å²) in [6, 6.07) is 18.1. The van der Waals surface area contributed by atoms with E-state index in [9.17, 15) is 14.4 Å². The Morgan fingerprint density at radius 1 is 0.964 bits per heavy atom. The van der Waals surface area contributed by atoms with Crippen molar-refractivity contribution in [3.05, 3.63) is 93.2 Å². The zero-order chi connectivity index (χ0) is 19.7. The molecule has 6 heteroatoms. The molecule has 1 aromatic heterocycles. The fraction of sp³-hybridized carbons (Fsp3) is 0.136. The van der Waals surface area contributed by atoms with Crippen LogP contribution in [0.2, 0.25) is 0 Å². The van der Waals surface area contributed by atoms with Gasteiger partial charge in [0, 0.05) is 4.88 Å². The van der Waals surface area contributed by atoms with E-state index in [1.807, 2.05) is 48.7 Å². The fourth-order valence-electron chi connectivity index (χ4n) is 3.27. The topological polar surface area (TPSA) is 66.5 Å². The minimum Gasteiger partial charge on any atom is -0.343 e. The lowest BCUT2D eigenvalue weighted by atomic mass is 10.0. The lowest BCUT2D eigenvalue weighted by Gasteiger charge is -2.20. The van der Waals surface area contributed by atoms with E-state index in [1.165, 1.54) is 0 Å². The van der Waals surface area contributed by atoms with E-state index in [1.54, 1.807) is 35.6 Å². The molecule has 0 spiro atoms. The predicted molar refractivity (Wildman–Crippen MR) is 107 cm³/mol. The number of hydrogen-bond acceptors (Lipinski definition) is 4. The second-order valence-electron chi connectivity index (χ2n) is 6.67. The van der Waals surface area contributed by atoms with Crippen molar-refractivity contribution in [3.63, 3.8) is 0 Å². The van der Waals surface area contributed by atoms with Crippen LogP contribution in [-0.2, 0) is 4.79 Å². The summed E-state index contributed by atoms with van der Waals surface area (Å²) in [5.74, 6) is -1.24. The first-order valence-electron chi connectivity index (χ1n) is 8.89. The predicted octanol–water partition coefficient (Wildman–Crippen LogP) is 3.56. The van der Waals surface area contributed by atoms with E-state index >= 15 is 0 Å². The molecule has 0 radical (unpaired) electrons. The molecule has 2 heterocycles. The van der Waals surface area contributed by atoms with E-state index in [0.717, 1.165) is 20.9 Å². The monoisotopic (exact) mass is 390 g/mol. The Hall–Kier alpha value is -3.25. The molecule has 1 aliphatic heterocycles. The first kappa shape index (κ1) is 18.1. The quantitative estimate of drug-likeness (QED) is 0.678. The smallest absolute Gasteiger partial charge is 0.262 e. The number of carbonyl (C=O) groups is 3. The second kappa shape index (κ2) is 7.40. The molecule has 0 fully saturated rings. The number of amides is 3. The molecule has 1 N–H and O–H groups in total. The van der Waals surface area contributed by atoms with Crippen LogP contribution in [0.25, 0.3) is 0 Å². The minimum atomic E-state index is -0.432. The van der Waals surface area contributed by atoms with Crippen molar-refractivity contribution in [3.8, 4) is 0 Å². The van der Waals surface area contributed by atoms with E-state index in [0.29, 0.717) is 11.1 Å². The van der Waals surface area contributed by atoms with Crippen LogP contribution >= 0.6 is 11.3 Å². The Bertz CT molecular complexity index is 1010. The largest absolute Gasteiger partial charge is 0.343 e. The lowest BCUT2D eigenvalue weighted by Crippen LogP contribution is -2.41. The number of carbonyl (C=O) groups excluding carboxylic acids is 3. The molecule has 0 saturated heterocycles. The number of hydrogen-bond donors (Lipinski definition) is 1. The van der Waals surface area contributed by atoms with Gasteiger partial charge in [-0.15, -0.1) is 11.3 Å². The van der Waals surface area contributed by atoms with Crippen molar-refractivity contribution < 1.29 is 14.4 Å². The summed E-state index contributed by atoms with van der Waals surface area (Å²) >= 11 is 1.54. The van der Waals surface area contributed by atoms with Gasteiger partial charge in [0.2, 0.25) is 5.91 Å². The molecule has 3 aromatic rings. The van der Waals surface area contributed by atoms with Crippen LogP contribution in [0.4, 0.5) is 0 Å². The van der Waals surface area contributed by atoms with Crippen molar-refractivity contribution in [2.45, 2.75) is 13.0 Å². The second-order valence-corrected chi connectivity index (χ2v) is 7.65. The van der Waals surface area contributed by atoms with Gasteiger partial charge in [0.05, 0.1) is 17.2 Å². The lowest BCUT2D eigenvalue weighted by molar-refractivity contribution is -0.121. The maximum absolute atomic E-state index is 12.7. The molecule has 0 saturated carbocycles. The summed E-state index contributed by atoms with van der Waals surface area (Å²) in [5.41, 5.74) is 2.76. The molecule has 1 atom stereocenters. The average Bonchev–Trinajstić information content (AvgIpc) is 3.31. The highest BCUT2D eigenvalue weighted by atomic mass is 32.1. The molecule has 0 bridgehead atoms. The van der Waals surface area contributed by atoms with Crippen molar-refractivity contribution in [2.75, 3.05) is 6.54 Å². The Labute approximate surface area is 166 Å². The third kappa shape index (κ3) is 3.34. The standard InChI is InChI=1S/C22H18N2O3S/c1-14-8-10-15(11-9-14)20(18-7-4-12-28-18)23-19(25)13-24-21(26)16-5-2-3-6-17(16)22(24)27/h2-12,20H,13H2,1H3,(H,23,25)/t20-/m0/s1. The Morgan fingerprint density at radius 2 is 1.61 bits per heavy atom. The van der Waals surface area contributed by atoms with Crippen molar-refractivity contribution in [1.82, 2.24) is 10.2 Å². The first-order chi connectivity index (χ1) is 13.5. The summed E-state index contributed by atoms with van der Waals surface area (Å²) in [5, 5.41) is 4.93. The number of nitrogens with zero attached hydrogens (tertiary/aromatic N) is 1. The summed E-state index contributed by atoms with van der Waals surface area (Å²) in [4.78, 5) is 39.7. The fourth-order valence-corrected chi connectivity index (χ4v) is 4.07. The van der Waals surface area contributed by atoms with E-state index < -0.39 is 11.8 Å². The van der Waals surface area contributed by atoms with Crippen LogP contribution in [0.15, 0.2) is 66.0 Å². The van der Waals surface area contributed by atoms with E-state index in [4.69, 9.17) is 0 Å². The number of nitrogens with one attached hydrogen (secondary N) is 1. The Kier molecular flexibility index (Phi) is 4.79. The van der Waals surface area contributed by atoms with Gasteiger partial charge in [0.25, 0.3) is 11.8 Å². The van der Waals surface area contributed by atoms with Crippen LogP contribution in [0.5, 0.6) is 0 Å². The number of rotatable bonds is 5. The molecule has 0 aliphatic carbocycles. The van der Waals surface area contributed by atoms with E-state index in [-0.39, 0.29) is 18.5 Å². The molecule has 5 nitrogen and oxygen atoms in total. The van der Waals surface area contributed by atoms with Gasteiger partial charge in [-0.25, -0.2) is 0 Å². The maximum Gasteiger partial charge on any atom is 0.262 e. The molecule has 28 heavy (non-hydrogen) atoms. The van der Waals surface area contributed by atoms with Crippen molar-refractivity contribution >= 4 is 29.1 Å². The van der Waals surface area contributed by atoms with Gasteiger partial charge in [0.1, 0.15) is 6.54 Å². The molecule has 140 valence electrons. The van der Waals surface area contributed by atoms with Gasteiger partial charge in [-0.2, -0.15) is 0 Å². The Morgan fingerprint density at radius 3 is 2.18 bits per heavy atom. The summed E-state index contributed by atoms with van der Waals surface area (Å²) in [7, 11) is 0. The third-order valence-electron chi connectivity index (χ3n) is 4.72. The highest BCUT2D eigenvalue weighted by Gasteiger charge is 2.36. The zero-order valence-corrected chi connectivity index (χ0v) is 16.0. The summed E-state index contributed by atoms with van der Waals surface area (Å²) in [6.07, 6.45) is 0. The maximum atomic E-state index is 12.7. The molecular weight excluding hydrogens is 372 g/mol. The number of fused-ring (bicyclic) bond motifs is 1. The highest BCUT2D eigenvalue weighted by molar-refractivity contribution is 7.10. The van der Waals surface area contributed by atoms with Crippen LogP contribution in [0.1, 0.15) is 42.8 Å². The van der Waals surface area contributed by atoms with Crippen molar-refractivity contribution in [1.29, 1.82) is 0 Å². The van der Waals surface area contributed by atoms with Gasteiger partial charge in [0.15, 0.2) is 0 Å². The summed E-state index contributed by atoms with van der Waals surface area (Å²) in [6.45, 7) is 1.70. The first-order valence-corrected chi connectivity index (χ1v) is 9.77. The third-order valence-corrected chi connectivity index (χ3v) is 5.66. The van der Waals surface area contributed by atoms with Gasteiger partial charge in [-0.3, -0.25) is 19.3 Å². The molecular formula is C22H18N2O3S. The number of imide groups is 1. The van der Waals surface area contributed by atoms with E-state index in [2.05, 4.69) is 5.32 Å². The van der Waals surface area contributed by atoms with Crippen LogP contribution < -0.4 is 5.32 Å². The van der Waals surface area contributed by atoms with Crippen LogP contribution in [-0.4, -0.2) is 29.2 Å². The number of aryl methyl sites for hydroxylation is 1. The molecule has 4 rings (SSSR count). The average molecular weight is 390 g/mol. The number of benzene rings is 2. The molecule has 0 unspecified atom stereocenters. The van der Waals surface area contributed by atoms with Gasteiger partial charge < -0.3 is 5.32 Å². The minimum absolute atomic E-state index is 0.305. The molecule has 3 amide bonds. The number of thiophene rings is 1. The van der Waals surface area contributed by atoms with Crippen LogP contribution in [0, 0.1) is 6.92 Å². The van der Waals surface area contributed by atoms with Gasteiger partial charge in [-0.05, 0) is 36.1 Å². The molecule has 2 aromatic carbocycles. The SMILES string of the molecule is Cc1ccc([C@H](NC(=O)CN2C(=O)c3ccccc3C2=O)c2cccs2)cc1.